The largest absolute Gasteiger partial charge is 0.337 e. The number of aryl methyl sites for hydroxylation is 4. The molecule has 1 amide bonds. The number of piperidine rings is 1. The molecule has 1 fully saturated rings. The smallest absolute Gasteiger partial charge is 0.272 e. The lowest BCUT2D eigenvalue weighted by Gasteiger charge is -2.30. The number of carbonyl (C=O) groups is 1. The first-order valence-corrected chi connectivity index (χ1v) is 9.33. The van der Waals surface area contributed by atoms with E-state index < -0.39 is 0 Å². The number of nitrogens with one attached hydrogen (secondary N) is 1. The molecule has 0 bridgehead atoms. The Balaban J connectivity index is 1.85. The van der Waals surface area contributed by atoms with Crippen LogP contribution in [0.15, 0.2) is 18.2 Å². The Morgan fingerprint density at radius 3 is 2.27 bits per heavy atom. The lowest BCUT2D eigenvalue weighted by Crippen LogP contribution is -2.38. The van der Waals surface area contributed by atoms with E-state index >= 15 is 0 Å². The molecule has 1 N–H and O–H groups in total. The lowest BCUT2D eigenvalue weighted by atomic mass is 9.99. The standard InChI is InChI=1S/C21H28N4O/c1-13-6-8-25(9-7-13)20(26)18-12-17(5)22-21(23-18)24-19-15(3)10-14(2)11-16(19)4/h10-13H,6-9H2,1-5H3,(H,22,23,24). The van der Waals surface area contributed by atoms with Crippen LogP contribution >= 0.6 is 0 Å². The first-order chi connectivity index (χ1) is 12.3. The molecule has 5 nitrogen and oxygen atoms in total. The highest BCUT2D eigenvalue weighted by molar-refractivity contribution is 5.92. The van der Waals surface area contributed by atoms with E-state index in [9.17, 15) is 4.79 Å². The molecule has 2 heterocycles. The fourth-order valence-corrected chi connectivity index (χ4v) is 3.60. The van der Waals surface area contributed by atoms with Crippen molar-refractivity contribution in [3.63, 3.8) is 0 Å². The molecule has 1 aromatic carbocycles. The molecule has 2 aromatic rings. The second-order valence-corrected chi connectivity index (χ2v) is 7.59. The number of carbonyl (C=O) groups excluding carboxylic acids is 1. The fraction of sp³-hybridized carbons (Fsp3) is 0.476. The van der Waals surface area contributed by atoms with Crippen LogP contribution in [0.1, 0.15) is 52.6 Å². The number of benzene rings is 1. The van der Waals surface area contributed by atoms with Crippen molar-refractivity contribution >= 4 is 17.5 Å². The van der Waals surface area contributed by atoms with Gasteiger partial charge in [0.05, 0.1) is 0 Å². The van der Waals surface area contributed by atoms with Crippen LogP contribution in [0.4, 0.5) is 11.6 Å². The van der Waals surface area contributed by atoms with Crippen molar-refractivity contribution in [1.29, 1.82) is 0 Å². The number of rotatable bonds is 3. The molecule has 26 heavy (non-hydrogen) atoms. The van der Waals surface area contributed by atoms with Crippen LogP contribution in [-0.4, -0.2) is 33.9 Å². The van der Waals surface area contributed by atoms with E-state index in [1.165, 1.54) is 5.56 Å². The van der Waals surface area contributed by atoms with E-state index in [-0.39, 0.29) is 5.91 Å². The Kier molecular flexibility index (Phi) is 5.25. The Labute approximate surface area is 155 Å². The monoisotopic (exact) mass is 352 g/mol. The van der Waals surface area contributed by atoms with E-state index in [1.807, 2.05) is 11.8 Å². The molecular formula is C21H28N4O. The van der Waals surface area contributed by atoms with Gasteiger partial charge in [0.25, 0.3) is 5.91 Å². The number of hydrogen-bond acceptors (Lipinski definition) is 4. The maximum Gasteiger partial charge on any atom is 0.272 e. The van der Waals surface area contributed by atoms with Crippen LogP contribution in [0.25, 0.3) is 0 Å². The van der Waals surface area contributed by atoms with Crippen molar-refractivity contribution in [2.45, 2.75) is 47.5 Å². The van der Waals surface area contributed by atoms with Crippen molar-refractivity contribution in [3.05, 3.63) is 46.3 Å². The van der Waals surface area contributed by atoms with Gasteiger partial charge in [0, 0.05) is 24.5 Å². The average Bonchev–Trinajstić information content (AvgIpc) is 2.57. The number of hydrogen-bond donors (Lipinski definition) is 1. The Morgan fingerprint density at radius 2 is 1.65 bits per heavy atom. The van der Waals surface area contributed by atoms with Gasteiger partial charge < -0.3 is 10.2 Å². The minimum Gasteiger partial charge on any atom is -0.337 e. The van der Waals surface area contributed by atoms with Gasteiger partial charge in [0.1, 0.15) is 5.69 Å². The summed E-state index contributed by atoms with van der Waals surface area (Å²) < 4.78 is 0. The molecule has 1 aromatic heterocycles. The van der Waals surface area contributed by atoms with Crippen LogP contribution < -0.4 is 5.32 Å². The Bertz CT molecular complexity index is 800. The van der Waals surface area contributed by atoms with Crippen LogP contribution in [-0.2, 0) is 0 Å². The highest BCUT2D eigenvalue weighted by Crippen LogP contribution is 2.25. The van der Waals surface area contributed by atoms with Crippen molar-refractivity contribution < 1.29 is 4.79 Å². The van der Waals surface area contributed by atoms with E-state index in [0.29, 0.717) is 17.6 Å². The number of aromatic nitrogens is 2. The molecule has 0 spiro atoms. The number of likely N-dealkylation sites (tertiary alicyclic amines) is 1. The molecule has 1 aliphatic rings. The summed E-state index contributed by atoms with van der Waals surface area (Å²) in [6.07, 6.45) is 2.12. The van der Waals surface area contributed by atoms with Crippen LogP contribution in [0, 0.1) is 33.6 Å². The molecule has 5 heteroatoms. The van der Waals surface area contributed by atoms with Crippen molar-refractivity contribution in [1.82, 2.24) is 14.9 Å². The van der Waals surface area contributed by atoms with Crippen LogP contribution in [0.3, 0.4) is 0 Å². The summed E-state index contributed by atoms with van der Waals surface area (Å²) in [5, 5.41) is 3.32. The number of anilines is 2. The summed E-state index contributed by atoms with van der Waals surface area (Å²) in [6, 6.07) is 6.04. The zero-order valence-electron chi connectivity index (χ0n) is 16.4. The SMILES string of the molecule is Cc1cc(C)c(Nc2nc(C)cc(C(=O)N3CCC(C)CC3)n2)c(C)c1. The van der Waals surface area contributed by atoms with E-state index in [4.69, 9.17) is 0 Å². The van der Waals surface area contributed by atoms with Crippen molar-refractivity contribution in [3.8, 4) is 0 Å². The number of amides is 1. The van der Waals surface area contributed by atoms with Crippen molar-refractivity contribution in [2.75, 3.05) is 18.4 Å². The fourth-order valence-electron chi connectivity index (χ4n) is 3.60. The molecular weight excluding hydrogens is 324 g/mol. The van der Waals surface area contributed by atoms with Gasteiger partial charge in [0.15, 0.2) is 0 Å². The second-order valence-electron chi connectivity index (χ2n) is 7.59. The van der Waals surface area contributed by atoms with Gasteiger partial charge in [-0.15, -0.1) is 0 Å². The first kappa shape index (κ1) is 18.4. The van der Waals surface area contributed by atoms with Crippen LogP contribution in [0.2, 0.25) is 0 Å². The van der Waals surface area contributed by atoms with Crippen molar-refractivity contribution in [2.24, 2.45) is 5.92 Å². The topological polar surface area (TPSA) is 58.1 Å². The summed E-state index contributed by atoms with van der Waals surface area (Å²) >= 11 is 0. The van der Waals surface area contributed by atoms with Gasteiger partial charge in [-0.3, -0.25) is 4.79 Å². The van der Waals surface area contributed by atoms with Gasteiger partial charge >= 0.3 is 0 Å². The summed E-state index contributed by atoms with van der Waals surface area (Å²) in [7, 11) is 0. The molecule has 0 atom stereocenters. The van der Waals surface area contributed by atoms with Gasteiger partial charge in [-0.25, -0.2) is 9.97 Å². The summed E-state index contributed by atoms with van der Waals surface area (Å²) in [5.41, 5.74) is 5.78. The van der Waals surface area contributed by atoms with Gasteiger partial charge in [-0.05, 0) is 63.6 Å². The Morgan fingerprint density at radius 1 is 1.04 bits per heavy atom. The summed E-state index contributed by atoms with van der Waals surface area (Å²) in [5.74, 6) is 1.17. The molecule has 0 saturated carbocycles. The maximum atomic E-state index is 12.8. The summed E-state index contributed by atoms with van der Waals surface area (Å²) in [6.45, 7) is 12.0. The Hall–Kier alpha value is -2.43. The van der Waals surface area contributed by atoms with Gasteiger partial charge in [-0.2, -0.15) is 0 Å². The number of nitrogens with zero attached hydrogens (tertiary/aromatic N) is 3. The molecule has 1 saturated heterocycles. The minimum atomic E-state index is 0.00259. The quantitative estimate of drug-likeness (QED) is 0.893. The highest BCUT2D eigenvalue weighted by atomic mass is 16.2. The van der Waals surface area contributed by atoms with Gasteiger partial charge in [0.2, 0.25) is 5.95 Å². The zero-order valence-corrected chi connectivity index (χ0v) is 16.4. The maximum absolute atomic E-state index is 12.8. The second kappa shape index (κ2) is 7.44. The molecule has 138 valence electrons. The third kappa shape index (κ3) is 4.03. The minimum absolute atomic E-state index is 0.00259. The van der Waals surface area contributed by atoms with Gasteiger partial charge in [-0.1, -0.05) is 24.6 Å². The van der Waals surface area contributed by atoms with E-state index in [1.54, 1.807) is 6.07 Å². The third-order valence-electron chi connectivity index (χ3n) is 5.06. The molecule has 0 radical (unpaired) electrons. The molecule has 3 rings (SSSR count). The van der Waals surface area contributed by atoms with E-state index in [0.717, 1.165) is 48.4 Å². The third-order valence-corrected chi connectivity index (χ3v) is 5.06. The first-order valence-electron chi connectivity index (χ1n) is 9.33. The molecule has 0 unspecified atom stereocenters. The van der Waals surface area contributed by atoms with E-state index in [2.05, 4.69) is 55.1 Å². The average molecular weight is 352 g/mol. The normalized spacial score (nSPS) is 15.2. The predicted molar refractivity (Wildman–Crippen MR) is 105 cm³/mol. The highest BCUT2D eigenvalue weighted by Gasteiger charge is 2.23. The predicted octanol–water partition coefficient (Wildman–Crippen LogP) is 4.33. The zero-order chi connectivity index (χ0) is 18.8. The summed E-state index contributed by atoms with van der Waals surface area (Å²) in [4.78, 5) is 23.8. The molecule has 0 aliphatic carbocycles. The molecule has 1 aliphatic heterocycles. The van der Waals surface area contributed by atoms with Crippen LogP contribution in [0.5, 0.6) is 0 Å². The lowest BCUT2D eigenvalue weighted by molar-refractivity contribution is 0.0691.